The van der Waals surface area contributed by atoms with Crippen LogP contribution in [0.4, 0.5) is 10.3 Å². The second-order valence-electron chi connectivity index (χ2n) is 6.32. The zero-order valence-corrected chi connectivity index (χ0v) is 13.7. The van der Waals surface area contributed by atoms with Crippen LogP contribution in [-0.4, -0.2) is 52.8 Å². The zero-order valence-electron chi connectivity index (χ0n) is 13.7. The molecule has 1 saturated heterocycles. The molecule has 2 unspecified atom stereocenters. The lowest BCUT2D eigenvalue weighted by atomic mass is 9.86. The van der Waals surface area contributed by atoms with Gasteiger partial charge in [0, 0.05) is 38.4 Å². The molecule has 23 heavy (non-hydrogen) atoms. The summed E-state index contributed by atoms with van der Waals surface area (Å²) in [7, 11) is 0. The summed E-state index contributed by atoms with van der Waals surface area (Å²) in [5.74, 6) is 0.701. The molecule has 3 rings (SSSR count). The first-order valence-electron chi connectivity index (χ1n) is 8.52. The first-order valence-corrected chi connectivity index (χ1v) is 8.52. The van der Waals surface area contributed by atoms with Crippen LogP contribution >= 0.6 is 0 Å². The van der Waals surface area contributed by atoms with Gasteiger partial charge in [-0.1, -0.05) is 31.6 Å². The van der Waals surface area contributed by atoms with Crippen molar-refractivity contribution in [1.82, 2.24) is 14.9 Å². The van der Waals surface area contributed by atoms with Crippen molar-refractivity contribution in [3.8, 4) is 0 Å². The number of unbranched alkanes of at least 4 members (excludes halogenated alkanes) is 1. The SMILES string of the molecule is CCCCN1CCN(c2ncccn2)CC1C1(F)C=CC=CC1. The van der Waals surface area contributed by atoms with Crippen LogP contribution in [0.3, 0.4) is 0 Å². The van der Waals surface area contributed by atoms with Crippen molar-refractivity contribution in [1.29, 1.82) is 0 Å². The number of allylic oxidation sites excluding steroid dienone is 3. The Morgan fingerprint density at radius 3 is 2.78 bits per heavy atom. The number of nitrogens with zero attached hydrogens (tertiary/aromatic N) is 4. The summed E-state index contributed by atoms with van der Waals surface area (Å²) in [6, 6.07) is 1.65. The third kappa shape index (κ3) is 3.61. The van der Waals surface area contributed by atoms with Crippen molar-refractivity contribution in [2.75, 3.05) is 31.1 Å². The lowest BCUT2D eigenvalue weighted by molar-refractivity contribution is 0.0492. The Hall–Kier alpha value is -1.75. The summed E-state index contributed by atoms with van der Waals surface area (Å²) >= 11 is 0. The monoisotopic (exact) mass is 316 g/mol. The van der Waals surface area contributed by atoms with Gasteiger partial charge in [0.1, 0.15) is 5.67 Å². The summed E-state index contributed by atoms with van der Waals surface area (Å²) in [4.78, 5) is 13.1. The van der Waals surface area contributed by atoms with Crippen LogP contribution < -0.4 is 4.90 Å². The van der Waals surface area contributed by atoms with Gasteiger partial charge in [-0.2, -0.15) is 0 Å². The molecule has 2 aliphatic rings. The minimum absolute atomic E-state index is 0.159. The second kappa shape index (κ2) is 7.21. The van der Waals surface area contributed by atoms with Crippen LogP contribution in [0.5, 0.6) is 0 Å². The van der Waals surface area contributed by atoms with E-state index in [-0.39, 0.29) is 6.04 Å². The smallest absolute Gasteiger partial charge is 0.225 e. The van der Waals surface area contributed by atoms with E-state index in [4.69, 9.17) is 0 Å². The summed E-state index contributed by atoms with van der Waals surface area (Å²) in [5, 5.41) is 0. The second-order valence-corrected chi connectivity index (χ2v) is 6.32. The van der Waals surface area contributed by atoms with Gasteiger partial charge in [-0.25, -0.2) is 14.4 Å². The van der Waals surface area contributed by atoms with Crippen molar-refractivity contribution in [2.24, 2.45) is 0 Å². The summed E-state index contributed by atoms with van der Waals surface area (Å²) in [6.07, 6.45) is 13.6. The van der Waals surface area contributed by atoms with E-state index in [1.807, 2.05) is 24.3 Å². The molecule has 2 atom stereocenters. The predicted octanol–water partition coefficient (Wildman–Crippen LogP) is 2.99. The van der Waals surface area contributed by atoms with E-state index < -0.39 is 5.67 Å². The topological polar surface area (TPSA) is 32.3 Å². The maximum Gasteiger partial charge on any atom is 0.225 e. The van der Waals surface area contributed by atoms with E-state index in [9.17, 15) is 0 Å². The summed E-state index contributed by atoms with van der Waals surface area (Å²) in [6.45, 7) is 5.46. The number of anilines is 1. The van der Waals surface area contributed by atoms with Crippen LogP contribution in [0, 0.1) is 0 Å². The minimum atomic E-state index is -1.31. The number of halogens is 1. The fraction of sp³-hybridized carbons (Fsp3) is 0.556. The molecule has 0 aromatic carbocycles. The minimum Gasteiger partial charge on any atom is -0.338 e. The van der Waals surface area contributed by atoms with Crippen LogP contribution in [0.25, 0.3) is 0 Å². The standard InChI is InChI=1S/C18H25FN4/c1-2-3-12-22-13-14-23(17-20-10-7-11-21-17)15-16(22)18(19)8-5-4-6-9-18/h4-8,10-11,16H,2-3,9,12-15H2,1H3. The van der Waals surface area contributed by atoms with E-state index in [0.717, 1.165) is 32.5 Å². The highest BCUT2D eigenvalue weighted by atomic mass is 19.1. The van der Waals surface area contributed by atoms with E-state index in [2.05, 4.69) is 26.7 Å². The highest BCUT2D eigenvalue weighted by molar-refractivity contribution is 5.32. The maximum atomic E-state index is 15.6. The summed E-state index contributed by atoms with van der Waals surface area (Å²) in [5.41, 5.74) is -1.31. The van der Waals surface area contributed by atoms with Crippen LogP contribution in [-0.2, 0) is 0 Å². The Morgan fingerprint density at radius 1 is 1.26 bits per heavy atom. The quantitative estimate of drug-likeness (QED) is 0.836. The van der Waals surface area contributed by atoms with Gasteiger partial charge in [0.2, 0.25) is 5.95 Å². The van der Waals surface area contributed by atoms with Gasteiger partial charge in [0.25, 0.3) is 0 Å². The number of hydrogen-bond donors (Lipinski definition) is 0. The summed E-state index contributed by atoms with van der Waals surface area (Å²) < 4.78 is 15.6. The molecule has 5 heteroatoms. The predicted molar refractivity (Wildman–Crippen MR) is 91.3 cm³/mol. The Balaban J connectivity index is 1.80. The normalized spacial score (nSPS) is 28.3. The average molecular weight is 316 g/mol. The Bertz CT molecular complexity index is 559. The van der Waals surface area contributed by atoms with Crippen molar-refractivity contribution >= 4 is 5.95 Å². The van der Waals surface area contributed by atoms with Crippen LogP contribution in [0.2, 0.25) is 0 Å². The van der Waals surface area contributed by atoms with Crippen molar-refractivity contribution in [3.05, 3.63) is 42.8 Å². The third-order valence-corrected chi connectivity index (χ3v) is 4.73. The largest absolute Gasteiger partial charge is 0.338 e. The fourth-order valence-corrected chi connectivity index (χ4v) is 3.40. The highest BCUT2D eigenvalue weighted by Crippen LogP contribution is 2.33. The number of aromatic nitrogens is 2. The molecule has 0 saturated carbocycles. The third-order valence-electron chi connectivity index (χ3n) is 4.73. The van der Waals surface area contributed by atoms with E-state index >= 15 is 4.39 Å². The van der Waals surface area contributed by atoms with Gasteiger partial charge in [0.15, 0.2) is 0 Å². The lowest BCUT2D eigenvalue weighted by Crippen LogP contribution is -2.61. The van der Waals surface area contributed by atoms with Gasteiger partial charge in [0.05, 0.1) is 6.04 Å². The number of rotatable bonds is 5. The molecular weight excluding hydrogens is 291 g/mol. The van der Waals surface area contributed by atoms with Crippen molar-refractivity contribution < 1.29 is 4.39 Å². The van der Waals surface area contributed by atoms with Gasteiger partial charge in [-0.05, 0) is 25.1 Å². The number of hydrogen-bond acceptors (Lipinski definition) is 4. The molecule has 0 bridgehead atoms. The van der Waals surface area contributed by atoms with Crippen molar-refractivity contribution in [2.45, 2.75) is 37.9 Å². The average Bonchev–Trinajstić information content (AvgIpc) is 2.61. The van der Waals surface area contributed by atoms with Crippen molar-refractivity contribution in [3.63, 3.8) is 0 Å². The van der Waals surface area contributed by atoms with Crippen LogP contribution in [0.1, 0.15) is 26.2 Å². The fourth-order valence-electron chi connectivity index (χ4n) is 3.40. The molecule has 1 aromatic heterocycles. The number of piperazine rings is 1. The molecule has 0 radical (unpaired) electrons. The molecule has 2 heterocycles. The van der Waals surface area contributed by atoms with Crippen LogP contribution in [0.15, 0.2) is 42.8 Å². The van der Waals surface area contributed by atoms with E-state index in [1.165, 1.54) is 0 Å². The molecule has 4 nitrogen and oxygen atoms in total. The Kier molecular flexibility index (Phi) is 5.06. The molecular formula is C18H25FN4. The van der Waals surface area contributed by atoms with Gasteiger partial charge < -0.3 is 4.90 Å². The van der Waals surface area contributed by atoms with Gasteiger partial charge in [-0.15, -0.1) is 0 Å². The molecule has 0 amide bonds. The maximum absolute atomic E-state index is 15.6. The first kappa shape index (κ1) is 16.1. The van der Waals surface area contributed by atoms with Gasteiger partial charge in [-0.3, -0.25) is 4.90 Å². The Labute approximate surface area is 137 Å². The molecule has 0 spiro atoms. The number of alkyl halides is 1. The molecule has 1 aliphatic heterocycles. The van der Waals surface area contributed by atoms with E-state index in [0.29, 0.717) is 18.9 Å². The molecule has 124 valence electrons. The molecule has 1 aromatic rings. The zero-order chi connectivity index (χ0) is 16.1. The first-order chi connectivity index (χ1) is 11.2. The molecule has 0 N–H and O–H groups in total. The van der Waals surface area contributed by atoms with Gasteiger partial charge >= 0.3 is 0 Å². The Morgan fingerprint density at radius 2 is 2.09 bits per heavy atom. The molecule has 1 aliphatic carbocycles. The van der Waals surface area contributed by atoms with E-state index in [1.54, 1.807) is 18.5 Å². The molecule has 1 fully saturated rings. The lowest BCUT2D eigenvalue weighted by Gasteiger charge is -2.46. The highest BCUT2D eigenvalue weighted by Gasteiger charge is 2.43.